The molecule has 200 valence electrons. The molecule has 0 atom stereocenters. The van der Waals surface area contributed by atoms with E-state index in [1.807, 2.05) is 0 Å². The lowest BCUT2D eigenvalue weighted by Gasteiger charge is -2.48. The molecule has 0 radical (unpaired) electrons. The van der Waals surface area contributed by atoms with Crippen LogP contribution in [0.3, 0.4) is 0 Å². The highest BCUT2D eigenvalue weighted by Gasteiger charge is 2.41. The average Bonchev–Trinajstić information content (AvgIpc) is 3.50. The van der Waals surface area contributed by atoms with Gasteiger partial charge in [-0.15, -0.1) is 11.3 Å². The van der Waals surface area contributed by atoms with Crippen molar-refractivity contribution in [3.8, 4) is 0 Å². The lowest BCUT2D eigenvalue weighted by molar-refractivity contribution is -0.137. The van der Waals surface area contributed by atoms with Gasteiger partial charge in [0.25, 0.3) is 0 Å². The third-order valence-corrected chi connectivity index (χ3v) is 8.24. The van der Waals surface area contributed by atoms with Crippen LogP contribution in [0.25, 0.3) is 10.9 Å². The fourth-order valence-electron chi connectivity index (χ4n) is 5.23. The van der Waals surface area contributed by atoms with Crippen LogP contribution in [0.15, 0.2) is 29.9 Å². The van der Waals surface area contributed by atoms with E-state index in [0.717, 1.165) is 42.9 Å². The molecule has 0 unspecified atom stereocenters. The summed E-state index contributed by atoms with van der Waals surface area (Å²) in [5.74, 6) is -0.111. The average molecular weight is 539 g/mol. The van der Waals surface area contributed by atoms with Crippen molar-refractivity contribution in [3.63, 3.8) is 0 Å². The number of amides is 1. The molecule has 1 aliphatic carbocycles. The first-order chi connectivity index (χ1) is 17.7. The highest BCUT2D eigenvalue weighted by Crippen LogP contribution is 2.40. The quantitative estimate of drug-likeness (QED) is 0.349. The van der Waals surface area contributed by atoms with E-state index in [1.54, 1.807) is 11.7 Å². The zero-order valence-electron chi connectivity index (χ0n) is 20.0. The summed E-state index contributed by atoms with van der Waals surface area (Å²) < 4.78 is 41.0. The Bertz CT molecular complexity index is 1230. The number of aromatic nitrogens is 3. The summed E-state index contributed by atoms with van der Waals surface area (Å²) in [6.45, 7) is 1.21. The molecular weight excluding hydrogens is 509 g/mol. The van der Waals surface area contributed by atoms with Crippen LogP contribution in [-0.4, -0.2) is 74.1 Å². The van der Waals surface area contributed by atoms with Crippen molar-refractivity contribution in [3.05, 3.63) is 40.3 Å². The SMILES string of the molecule is O=C(CNc1nn(CCO)c2ccc(C(F)(F)F)cc12)NC1CN(C2CCC(O)(c3cncs3)CC2)C1. The minimum absolute atomic E-state index is 0.00266. The molecule has 1 aromatic carbocycles. The molecule has 1 saturated heterocycles. The summed E-state index contributed by atoms with van der Waals surface area (Å²) >= 11 is 1.48. The molecule has 9 nitrogen and oxygen atoms in total. The molecule has 13 heteroatoms. The molecule has 4 N–H and O–H groups in total. The monoisotopic (exact) mass is 538 g/mol. The fourth-order valence-corrected chi connectivity index (χ4v) is 6.01. The van der Waals surface area contributed by atoms with Gasteiger partial charge in [-0.25, -0.2) is 0 Å². The van der Waals surface area contributed by atoms with E-state index in [0.29, 0.717) is 24.4 Å². The van der Waals surface area contributed by atoms with Crippen molar-refractivity contribution in [1.29, 1.82) is 0 Å². The molecule has 1 aliphatic heterocycles. The molecule has 5 rings (SSSR count). The molecular formula is C24H29F3N6O3S. The fraction of sp³-hybridized carbons (Fsp3) is 0.542. The Morgan fingerprint density at radius 3 is 2.65 bits per heavy atom. The number of carbonyl (C=O) groups is 1. The summed E-state index contributed by atoms with van der Waals surface area (Å²) in [6.07, 6.45) is 0.355. The Morgan fingerprint density at radius 1 is 1.24 bits per heavy atom. The van der Waals surface area contributed by atoms with E-state index < -0.39 is 17.3 Å². The smallest absolute Gasteiger partial charge is 0.394 e. The van der Waals surface area contributed by atoms with Crippen molar-refractivity contribution in [2.24, 2.45) is 0 Å². The van der Waals surface area contributed by atoms with Gasteiger partial charge in [0.2, 0.25) is 5.91 Å². The minimum Gasteiger partial charge on any atom is -0.394 e. The highest BCUT2D eigenvalue weighted by molar-refractivity contribution is 7.09. The number of aliphatic hydroxyl groups is 2. The third kappa shape index (κ3) is 5.44. The van der Waals surface area contributed by atoms with E-state index in [1.165, 1.54) is 22.1 Å². The second kappa shape index (κ2) is 10.2. The Kier molecular flexibility index (Phi) is 7.14. The van der Waals surface area contributed by atoms with Crippen LogP contribution in [0.5, 0.6) is 0 Å². The molecule has 2 fully saturated rings. The van der Waals surface area contributed by atoms with E-state index in [2.05, 4.69) is 25.6 Å². The maximum atomic E-state index is 13.2. The first kappa shape index (κ1) is 25.9. The van der Waals surface area contributed by atoms with Gasteiger partial charge in [-0.2, -0.15) is 18.3 Å². The normalized spacial score (nSPS) is 23.2. The number of alkyl halides is 3. The minimum atomic E-state index is -4.50. The second-order valence-corrected chi connectivity index (χ2v) is 10.6. The Labute approximate surface area is 215 Å². The number of carbonyl (C=O) groups excluding carboxylic acids is 1. The second-order valence-electron chi connectivity index (χ2n) is 9.73. The number of thiazole rings is 1. The molecule has 0 bridgehead atoms. The van der Waals surface area contributed by atoms with Crippen LogP contribution < -0.4 is 10.6 Å². The maximum absolute atomic E-state index is 13.2. The van der Waals surface area contributed by atoms with Crippen LogP contribution in [0.1, 0.15) is 36.1 Å². The summed E-state index contributed by atoms with van der Waals surface area (Å²) in [4.78, 5) is 19.8. The number of benzene rings is 1. The molecule has 3 heterocycles. The predicted molar refractivity (Wildman–Crippen MR) is 132 cm³/mol. The van der Waals surface area contributed by atoms with Crippen LogP contribution in [0.2, 0.25) is 0 Å². The first-order valence-electron chi connectivity index (χ1n) is 12.2. The zero-order chi connectivity index (χ0) is 26.2. The summed E-state index contributed by atoms with van der Waals surface area (Å²) in [5, 5.41) is 30.5. The first-order valence-corrected chi connectivity index (χ1v) is 13.1. The number of fused-ring (bicyclic) bond motifs is 1. The van der Waals surface area contributed by atoms with Gasteiger partial charge in [-0.3, -0.25) is 19.4 Å². The molecule has 2 aliphatic rings. The van der Waals surface area contributed by atoms with Gasteiger partial charge < -0.3 is 20.8 Å². The number of likely N-dealkylation sites (tertiary alicyclic amines) is 1. The Morgan fingerprint density at radius 2 is 2.00 bits per heavy atom. The van der Waals surface area contributed by atoms with E-state index >= 15 is 0 Å². The van der Waals surface area contributed by atoms with E-state index in [-0.39, 0.29) is 42.8 Å². The van der Waals surface area contributed by atoms with Crippen molar-refractivity contribution in [1.82, 2.24) is 25.0 Å². The number of halogens is 3. The number of rotatable bonds is 8. The summed E-state index contributed by atoms with van der Waals surface area (Å²) in [5.41, 5.74) is 0.574. The lowest BCUT2D eigenvalue weighted by Crippen LogP contribution is -2.63. The molecule has 37 heavy (non-hydrogen) atoms. The van der Waals surface area contributed by atoms with Crippen molar-refractivity contribution in [2.45, 2.75) is 56.1 Å². The number of anilines is 1. The van der Waals surface area contributed by atoms with E-state index in [4.69, 9.17) is 0 Å². The number of hydrogen-bond donors (Lipinski definition) is 4. The molecule has 0 spiro atoms. The number of nitrogens with zero attached hydrogens (tertiary/aromatic N) is 4. The molecule has 3 aromatic rings. The van der Waals surface area contributed by atoms with Crippen LogP contribution in [0, 0.1) is 0 Å². The van der Waals surface area contributed by atoms with Gasteiger partial charge in [-0.05, 0) is 43.9 Å². The van der Waals surface area contributed by atoms with Crippen molar-refractivity contribution >= 4 is 34.0 Å². The van der Waals surface area contributed by atoms with Crippen molar-refractivity contribution in [2.75, 3.05) is 31.6 Å². The highest BCUT2D eigenvalue weighted by atomic mass is 32.1. The van der Waals surface area contributed by atoms with Crippen molar-refractivity contribution < 1.29 is 28.2 Å². The molecule has 2 aromatic heterocycles. The number of nitrogens with one attached hydrogen (secondary N) is 2. The van der Waals surface area contributed by atoms with Gasteiger partial charge in [0.05, 0.1) is 47.2 Å². The molecule has 1 saturated carbocycles. The van der Waals surface area contributed by atoms with Crippen LogP contribution in [-0.2, 0) is 23.1 Å². The van der Waals surface area contributed by atoms with Gasteiger partial charge in [0.15, 0.2) is 5.82 Å². The Balaban J connectivity index is 1.12. The number of aliphatic hydroxyl groups excluding tert-OH is 1. The Hall–Kier alpha value is -2.74. The van der Waals surface area contributed by atoms with Gasteiger partial charge >= 0.3 is 6.18 Å². The molecule has 1 amide bonds. The number of hydrogen-bond acceptors (Lipinski definition) is 8. The predicted octanol–water partition coefficient (Wildman–Crippen LogP) is 2.55. The topological polar surface area (TPSA) is 116 Å². The van der Waals surface area contributed by atoms with Crippen LogP contribution >= 0.6 is 11.3 Å². The third-order valence-electron chi connectivity index (χ3n) is 7.27. The largest absolute Gasteiger partial charge is 0.416 e. The van der Waals surface area contributed by atoms with Gasteiger partial charge in [0, 0.05) is 30.7 Å². The van der Waals surface area contributed by atoms with Gasteiger partial charge in [0.1, 0.15) is 5.60 Å². The lowest BCUT2D eigenvalue weighted by atomic mass is 9.80. The standard InChI is InChI=1S/C24H29F3N6O3S/c25-24(26,27)15-1-2-19-18(9-15)22(31-33(19)7-8-34)29-11-21(35)30-16-12-32(13-16)17-3-5-23(36,6-4-17)20-10-28-14-37-20/h1-2,9-10,14,16-17,34,36H,3-8,11-13H2,(H,29,31)(H,30,35). The van der Waals surface area contributed by atoms with Gasteiger partial charge in [-0.1, -0.05) is 0 Å². The van der Waals surface area contributed by atoms with Crippen LogP contribution in [0.4, 0.5) is 19.0 Å². The summed E-state index contributed by atoms with van der Waals surface area (Å²) in [7, 11) is 0. The maximum Gasteiger partial charge on any atom is 0.416 e. The summed E-state index contributed by atoms with van der Waals surface area (Å²) in [6, 6.07) is 3.66. The zero-order valence-corrected chi connectivity index (χ0v) is 20.9. The van der Waals surface area contributed by atoms with E-state index in [9.17, 15) is 28.2 Å².